The van der Waals surface area contributed by atoms with E-state index in [4.69, 9.17) is 5.11 Å². The van der Waals surface area contributed by atoms with Crippen molar-refractivity contribution in [3.05, 3.63) is 29.8 Å². The number of hydrogen-bond donors (Lipinski definition) is 2. The fourth-order valence-electron chi connectivity index (χ4n) is 2.08. The molecule has 1 heterocycles. The number of carbonyl (C=O) groups excluding carboxylic acids is 1. The Morgan fingerprint density at radius 3 is 3.00 bits per heavy atom. The molecule has 0 aromatic heterocycles. The second-order valence-corrected chi connectivity index (χ2v) is 4.20. The van der Waals surface area contributed by atoms with Gasteiger partial charge in [0, 0.05) is 6.54 Å². The molecule has 2 rings (SSSR count). The molecule has 0 saturated carbocycles. The molecule has 2 N–H and O–H groups in total. The maximum Gasteiger partial charge on any atom is 0.322 e. The van der Waals surface area contributed by atoms with Crippen LogP contribution in [0.25, 0.3) is 0 Å². The van der Waals surface area contributed by atoms with Gasteiger partial charge >= 0.3 is 6.03 Å². The molecular formula is C12H14F2N2O2. The fraction of sp³-hybridized carbons (Fsp3) is 0.417. The molecule has 1 aromatic rings. The van der Waals surface area contributed by atoms with Crippen LogP contribution in [-0.4, -0.2) is 35.2 Å². The van der Waals surface area contributed by atoms with Crippen LogP contribution in [-0.2, 0) is 0 Å². The van der Waals surface area contributed by atoms with Gasteiger partial charge in [0.05, 0.1) is 18.3 Å². The highest BCUT2D eigenvalue weighted by atomic mass is 19.2. The summed E-state index contributed by atoms with van der Waals surface area (Å²) >= 11 is 0. The molecule has 0 spiro atoms. The van der Waals surface area contributed by atoms with Crippen LogP contribution in [0.1, 0.15) is 12.8 Å². The number of rotatable bonds is 2. The molecule has 4 nitrogen and oxygen atoms in total. The highest BCUT2D eigenvalue weighted by Crippen LogP contribution is 2.21. The van der Waals surface area contributed by atoms with E-state index in [0.717, 1.165) is 18.9 Å². The molecule has 0 unspecified atom stereocenters. The zero-order valence-electron chi connectivity index (χ0n) is 9.70. The molecule has 1 atom stereocenters. The van der Waals surface area contributed by atoms with Crippen molar-refractivity contribution in [2.75, 3.05) is 18.5 Å². The SMILES string of the molecule is O=C(Nc1cccc(F)c1F)N1CCC[C@H]1CO. The van der Waals surface area contributed by atoms with Crippen molar-refractivity contribution in [2.24, 2.45) is 0 Å². The minimum atomic E-state index is -1.08. The number of hydrogen-bond acceptors (Lipinski definition) is 2. The van der Waals surface area contributed by atoms with E-state index in [0.29, 0.717) is 6.54 Å². The van der Waals surface area contributed by atoms with Crippen LogP contribution in [0.5, 0.6) is 0 Å². The van der Waals surface area contributed by atoms with E-state index in [1.165, 1.54) is 17.0 Å². The third-order valence-corrected chi connectivity index (χ3v) is 3.04. The summed E-state index contributed by atoms with van der Waals surface area (Å²) in [5.41, 5.74) is -0.191. The minimum absolute atomic E-state index is 0.126. The number of halogens is 2. The first kappa shape index (κ1) is 12.8. The maximum absolute atomic E-state index is 13.4. The molecule has 1 fully saturated rings. The number of amides is 2. The number of aliphatic hydroxyl groups is 1. The molecule has 1 aliphatic heterocycles. The van der Waals surface area contributed by atoms with Gasteiger partial charge in [0.2, 0.25) is 0 Å². The smallest absolute Gasteiger partial charge is 0.322 e. The van der Waals surface area contributed by atoms with E-state index in [-0.39, 0.29) is 18.3 Å². The van der Waals surface area contributed by atoms with Gasteiger partial charge in [-0.1, -0.05) is 6.07 Å². The maximum atomic E-state index is 13.4. The number of benzene rings is 1. The van der Waals surface area contributed by atoms with Crippen molar-refractivity contribution in [3.8, 4) is 0 Å². The second-order valence-electron chi connectivity index (χ2n) is 4.20. The number of aliphatic hydroxyl groups excluding tert-OH is 1. The molecule has 0 radical (unpaired) electrons. The Labute approximate surface area is 103 Å². The summed E-state index contributed by atoms with van der Waals surface area (Å²) in [6.45, 7) is 0.382. The third-order valence-electron chi connectivity index (χ3n) is 3.04. The van der Waals surface area contributed by atoms with Crippen LogP contribution >= 0.6 is 0 Å². The Hall–Kier alpha value is -1.69. The Bertz CT molecular complexity index is 454. The standard InChI is InChI=1S/C12H14F2N2O2/c13-9-4-1-5-10(11(9)14)15-12(18)16-6-2-3-8(16)7-17/h1,4-5,8,17H,2-3,6-7H2,(H,15,18)/t8-/m0/s1. The lowest BCUT2D eigenvalue weighted by Crippen LogP contribution is -2.40. The van der Waals surface area contributed by atoms with E-state index in [2.05, 4.69) is 5.32 Å². The molecule has 1 aliphatic rings. The lowest BCUT2D eigenvalue weighted by molar-refractivity contribution is 0.166. The van der Waals surface area contributed by atoms with Crippen LogP contribution < -0.4 is 5.32 Å². The van der Waals surface area contributed by atoms with Crippen molar-refractivity contribution >= 4 is 11.7 Å². The quantitative estimate of drug-likeness (QED) is 0.849. The number of carbonyl (C=O) groups is 1. The highest BCUT2D eigenvalue weighted by molar-refractivity contribution is 5.89. The molecule has 1 saturated heterocycles. The highest BCUT2D eigenvalue weighted by Gasteiger charge is 2.28. The van der Waals surface area contributed by atoms with E-state index < -0.39 is 17.7 Å². The zero-order chi connectivity index (χ0) is 13.1. The predicted octanol–water partition coefficient (Wildman–Crippen LogP) is 1.95. The molecule has 18 heavy (non-hydrogen) atoms. The average molecular weight is 256 g/mol. The Kier molecular flexibility index (Phi) is 3.76. The molecule has 2 amide bonds. The summed E-state index contributed by atoms with van der Waals surface area (Å²) in [5, 5.41) is 11.4. The summed E-state index contributed by atoms with van der Waals surface area (Å²) in [5.74, 6) is -2.08. The van der Waals surface area contributed by atoms with Crippen molar-refractivity contribution < 1.29 is 18.7 Å². The summed E-state index contributed by atoms with van der Waals surface area (Å²) in [4.78, 5) is 13.3. The molecule has 6 heteroatoms. The number of urea groups is 1. The summed E-state index contributed by atoms with van der Waals surface area (Å²) in [6.07, 6.45) is 1.51. The van der Waals surface area contributed by atoms with Gasteiger partial charge in [-0.2, -0.15) is 0 Å². The first-order valence-electron chi connectivity index (χ1n) is 5.76. The number of nitrogens with one attached hydrogen (secondary N) is 1. The Morgan fingerprint density at radius 2 is 2.28 bits per heavy atom. The van der Waals surface area contributed by atoms with Gasteiger partial charge in [0.1, 0.15) is 0 Å². The lowest BCUT2D eigenvalue weighted by atomic mass is 10.2. The zero-order valence-corrected chi connectivity index (χ0v) is 9.70. The van der Waals surface area contributed by atoms with Gasteiger partial charge in [-0.15, -0.1) is 0 Å². The van der Waals surface area contributed by atoms with Gasteiger partial charge < -0.3 is 15.3 Å². The van der Waals surface area contributed by atoms with Gasteiger partial charge in [-0.05, 0) is 25.0 Å². The first-order chi connectivity index (χ1) is 8.63. The van der Waals surface area contributed by atoms with E-state index in [9.17, 15) is 13.6 Å². The van der Waals surface area contributed by atoms with Crippen LogP contribution in [0.2, 0.25) is 0 Å². The Balaban J connectivity index is 2.09. The fourth-order valence-corrected chi connectivity index (χ4v) is 2.08. The largest absolute Gasteiger partial charge is 0.394 e. The van der Waals surface area contributed by atoms with Gasteiger partial charge in [0.25, 0.3) is 0 Å². The van der Waals surface area contributed by atoms with Crippen molar-refractivity contribution in [1.29, 1.82) is 0 Å². The number of likely N-dealkylation sites (tertiary alicyclic amines) is 1. The van der Waals surface area contributed by atoms with Gasteiger partial charge in [-0.3, -0.25) is 0 Å². The summed E-state index contributed by atoms with van der Waals surface area (Å²) < 4.78 is 26.3. The first-order valence-corrected chi connectivity index (χ1v) is 5.76. The normalized spacial score (nSPS) is 19.1. The van der Waals surface area contributed by atoms with E-state index in [1.807, 2.05) is 0 Å². The van der Waals surface area contributed by atoms with Crippen LogP contribution in [0.3, 0.4) is 0 Å². The average Bonchev–Trinajstić information content (AvgIpc) is 2.83. The van der Waals surface area contributed by atoms with Crippen LogP contribution in [0.15, 0.2) is 18.2 Å². The molecule has 0 bridgehead atoms. The minimum Gasteiger partial charge on any atom is -0.394 e. The van der Waals surface area contributed by atoms with E-state index in [1.54, 1.807) is 0 Å². The number of nitrogens with zero attached hydrogens (tertiary/aromatic N) is 1. The van der Waals surface area contributed by atoms with Gasteiger partial charge in [-0.25, -0.2) is 13.6 Å². The molecule has 98 valence electrons. The van der Waals surface area contributed by atoms with Gasteiger partial charge in [0.15, 0.2) is 11.6 Å². The Morgan fingerprint density at radius 1 is 1.50 bits per heavy atom. The van der Waals surface area contributed by atoms with Crippen molar-refractivity contribution in [3.63, 3.8) is 0 Å². The number of anilines is 1. The topological polar surface area (TPSA) is 52.6 Å². The van der Waals surface area contributed by atoms with Crippen LogP contribution in [0.4, 0.5) is 19.3 Å². The second kappa shape index (κ2) is 5.30. The van der Waals surface area contributed by atoms with E-state index >= 15 is 0 Å². The summed E-state index contributed by atoms with van der Waals surface area (Å²) in [6, 6.07) is 2.83. The van der Waals surface area contributed by atoms with Crippen molar-refractivity contribution in [1.82, 2.24) is 4.90 Å². The summed E-state index contributed by atoms with van der Waals surface area (Å²) in [7, 11) is 0. The third kappa shape index (κ3) is 2.43. The van der Waals surface area contributed by atoms with Crippen molar-refractivity contribution in [2.45, 2.75) is 18.9 Å². The molecule has 0 aliphatic carbocycles. The molecule has 1 aromatic carbocycles. The monoisotopic (exact) mass is 256 g/mol. The lowest BCUT2D eigenvalue weighted by Gasteiger charge is -2.23. The predicted molar refractivity (Wildman–Crippen MR) is 62.2 cm³/mol. The molecular weight excluding hydrogens is 242 g/mol. The van der Waals surface area contributed by atoms with Crippen LogP contribution in [0, 0.1) is 11.6 Å².